The van der Waals surface area contributed by atoms with Crippen LogP contribution in [0.2, 0.25) is 0 Å². The Kier molecular flexibility index (Phi) is 5.28. The maximum Gasteiger partial charge on any atom is 0.227 e. The van der Waals surface area contributed by atoms with Crippen molar-refractivity contribution in [3.8, 4) is 0 Å². The molecule has 21 heavy (non-hydrogen) atoms. The maximum atomic E-state index is 13.2. The number of carbonyl (C=O) groups excluding carboxylic acids is 1. The molecule has 2 rings (SSSR count). The van der Waals surface area contributed by atoms with Gasteiger partial charge in [0.15, 0.2) is 11.6 Å². The van der Waals surface area contributed by atoms with Gasteiger partial charge in [0.2, 0.25) is 5.91 Å². The van der Waals surface area contributed by atoms with E-state index in [1.54, 1.807) is 0 Å². The van der Waals surface area contributed by atoms with Gasteiger partial charge in [0.05, 0.1) is 6.42 Å². The van der Waals surface area contributed by atoms with E-state index in [1.165, 1.54) is 6.07 Å². The number of nitrogens with one attached hydrogen (secondary N) is 1. The lowest BCUT2D eigenvalue weighted by Crippen LogP contribution is -2.58. The largest absolute Gasteiger partial charge is 0.337 e. The van der Waals surface area contributed by atoms with Crippen molar-refractivity contribution in [3.05, 3.63) is 35.4 Å². The van der Waals surface area contributed by atoms with Crippen molar-refractivity contribution < 1.29 is 13.6 Å². The van der Waals surface area contributed by atoms with Crippen LogP contribution >= 0.6 is 0 Å². The first-order valence-electron chi connectivity index (χ1n) is 7.51. The van der Waals surface area contributed by atoms with Gasteiger partial charge in [-0.1, -0.05) is 19.9 Å². The van der Waals surface area contributed by atoms with Crippen LogP contribution in [0.1, 0.15) is 32.3 Å². The number of hydrogen-bond acceptors (Lipinski definition) is 2. The second kappa shape index (κ2) is 6.98. The molecule has 1 saturated heterocycles. The first-order valence-corrected chi connectivity index (χ1v) is 7.51. The minimum atomic E-state index is -0.904. The van der Waals surface area contributed by atoms with Gasteiger partial charge in [-0.2, -0.15) is 0 Å². The van der Waals surface area contributed by atoms with E-state index >= 15 is 0 Å². The Hall–Kier alpha value is -1.49. The van der Waals surface area contributed by atoms with Crippen LogP contribution in [0, 0.1) is 11.6 Å². The summed E-state index contributed by atoms with van der Waals surface area (Å²) in [6.45, 7) is 5.61. The van der Waals surface area contributed by atoms with E-state index in [-0.39, 0.29) is 18.4 Å². The monoisotopic (exact) mass is 296 g/mol. The van der Waals surface area contributed by atoms with Gasteiger partial charge in [-0.05, 0) is 30.5 Å². The first-order chi connectivity index (χ1) is 10.0. The fraction of sp³-hybridized carbons (Fsp3) is 0.562. The SMILES string of the molecule is CCC1CN(C(=O)Cc2ccc(F)c(F)c2)C(CC)CN1. The molecular formula is C16H22F2N2O. The van der Waals surface area contributed by atoms with E-state index in [2.05, 4.69) is 19.2 Å². The van der Waals surface area contributed by atoms with Crippen LogP contribution < -0.4 is 5.32 Å². The summed E-state index contributed by atoms with van der Waals surface area (Å²) in [4.78, 5) is 14.4. The second-order valence-electron chi connectivity index (χ2n) is 5.55. The van der Waals surface area contributed by atoms with Crippen molar-refractivity contribution in [1.29, 1.82) is 0 Å². The van der Waals surface area contributed by atoms with Gasteiger partial charge < -0.3 is 10.2 Å². The van der Waals surface area contributed by atoms with E-state index in [1.807, 2.05) is 4.90 Å². The maximum absolute atomic E-state index is 13.2. The van der Waals surface area contributed by atoms with Crippen molar-refractivity contribution in [2.24, 2.45) is 0 Å². The minimum Gasteiger partial charge on any atom is -0.337 e. The fourth-order valence-corrected chi connectivity index (χ4v) is 2.73. The molecule has 1 amide bonds. The van der Waals surface area contributed by atoms with Crippen LogP contribution in [0.5, 0.6) is 0 Å². The zero-order valence-electron chi connectivity index (χ0n) is 12.5. The van der Waals surface area contributed by atoms with Crippen LogP contribution in [0.4, 0.5) is 8.78 Å². The highest BCUT2D eigenvalue weighted by atomic mass is 19.2. The molecule has 5 heteroatoms. The number of rotatable bonds is 4. The van der Waals surface area contributed by atoms with E-state index in [0.29, 0.717) is 18.2 Å². The average Bonchev–Trinajstić information content (AvgIpc) is 2.50. The van der Waals surface area contributed by atoms with E-state index in [4.69, 9.17) is 0 Å². The highest BCUT2D eigenvalue weighted by molar-refractivity contribution is 5.79. The summed E-state index contributed by atoms with van der Waals surface area (Å²) in [6.07, 6.45) is 1.96. The summed E-state index contributed by atoms with van der Waals surface area (Å²) in [7, 11) is 0. The third kappa shape index (κ3) is 3.79. The van der Waals surface area contributed by atoms with Crippen molar-refractivity contribution in [3.63, 3.8) is 0 Å². The Balaban J connectivity index is 2.07. The molecule has 2 atom stereocenters. The Morgan fingerprint density at radius 1 is 1.29 bits per heavy atom. The Labute approximate surface area is 124 Å². The Morgan fingerprint density at radius 3 is 2.67 bits per heavy atom. The van der Waals surface area contributed by atoms with Gasteiger partial charge in [0, 0.05) is 25.2 Å². The summed E-state index contributed by atoms with van der Waals surface area (Å²) in [6, 6.07) is 4.12. The lowest BCUT2D eigenvalue weighted by Gasteiger charge is -2.40. The molecule has 1 aromatic rings. The predicted octanol–water partition coefficient (Wildman–Crippen LogP) is 2.50. The Morgan fingerprint density at radius 2 is 2.05 bits per heavy atom. The normalized spacial score (nSPS) is 22.4. The first kappa shape index (κ1) is 15.9. The molecule has 1 heterocycles. The van der Waals surface area contributed by atoms with E-state index < -0.39 is 11.6 Å². The topological polar surface area (TPSA) is 32.3 Å². The summed E-state index contributed by atoms with van der Waals surface area (Å²) >= 11 is 0. The summed E-state index contributed by atoms with van der Waals surface area (Å²) in [5, 5.41) is 3.43. The zero-order chi connectivity index (χ0) is 15.4. The highest BCUT2D eigenvalue weighted by Gasteiger charge is 2.29. The Bertz CT molecular complexity index is 507. The van der Waals surface area contributed by atoms with Gasteiger partial charge in [0.1, 0.15) is 0 Å². The van der Waals surface area contributed by atoms with E-state index in [0.717, 1.165) is 31.5 Å². The van der Waals surface area contributed by atoms with Gasteiger partial charge in [0.25, 0.3) is 0 Å². The van der Waals surface area contributed by atoms with Gasteiger partial charge in [-0.3, -0.25) is 4.79 Å². The number of halogens is 2. The summed E-state index contributed by atoms with van der Waals surface area (Å²) < 4.78 is 26.1. The van der Waals surface area contributed by atoms with Gasteiger partial charge in [-0.25, -0.2) is 8.78 Å². The molecule has 0 spiro atoms. The number of hydrogen-bond donors (Lipinski definition) is 1. The number of carbonyl (C=O) groups is 1. The molecule has 0 bridgehead atoms. The molecule has 116 valence electrons. The van der Waals surface area contributed by atoms with Crippen LogP contribution in [-0.2, 0) is 11.2 Å². The van der Waals surface area contributed by atoms with Gasteiger partial charge >= 0.3 is 0 Å². The van der Waals surface area contributed by atoms with Crippen LogP contribution in [0.15, 0.2) is 18.2 Å². The molecule has 0 aromatic heterocycles. The van der Waals surface area contributed by atoms with Crippen molar-refractivity contribution in [1.82, 2.24) is 10.2 Å². The quantitative estimate of drug-likeness (QED) is 0.926. The zero-order valence-corrected chi connectivity index (χ0v) is 12.5. The molecule has 3 nitrogen and oxygen atoms in total. The highest BCUT2D eigenvalue weighted by Crippen LogP contribution is 2.16. The molecule has 1 aromatic carbocycles. The minimum absolute atomic E-state index is 0.0205. The fourth-order valence-electron chi connectivity index (χ4n) is 2.73. The lowest BCUT2D eigenvalue weighted by atomic mass is 10.0. The number of piperazine rings is 1. The molecule has 0 saturated carbocycles. The van der Waals surface area contributed by atoms with Crippen LogP contribution in [-0.4, -0.2) is 36.0 Å². The molecule has 0 aliphatic carbocycles. The van der Waals surface area contributed by atoms with Crippen molar-refractivity contribution in [2.45, 2.75) is 45.2 Å². The smallest absolute Gasteiger partial charge is 0.227 e. The molecule has 0 radical (unpaired) electrons. The average molecular weight is 296 g/mol. The molecular weight excluding hydrogens is 274 g/mol. The third-order valence-electron chi connectivity index (χ3n) is 4.12. The number of amides is 1. The third-order valence-corrected chi connectivity index (χ3v) is 4.12. The van der Waals surface area contributed by atoms with Crippen molar-refractivity contribution in [2.75, 3.05) is 13.1 Å². The van der Waals surface area contributed by atoms with Crippen LogP contribution in [0.25, 0.3) is 0 Å². The predicted molar refractivity (Wildman–Crippen MR) is 77.9 cm³/mol. The molecule has 1 aliphatic rings. The van der Waals surface area contributed by atoms with E-state index in [9.17, 15) is 13.6 Å². The molecule has 1 fully saturated rings. The standard InChI is InChI=1S/C16H22F2N2O/c1-3-12-10-20(13(4-2)9-19-12)16(21)8-11-5-6-14(17)15(18)7-11/h5-7,12-13,19H,3-4,8-10H2,1-2H3. The summed E-state index contributed by atoms with van der Waals surface area (Å²) in [5.74, 6) is -1.81. The van der Waals surface area contributed by atoms with Crippen LogP contribution in [0.3, 0.4) is 0 Å². The molecule has 2 unspecified atom stereocenters. The number of nitrogens with zero attached hydrogens (tertiary/aromatic N) is 1. The second-order valence-corrected chi connectivity index (χ2v) is 5.55. The van der Waals surface area contributed by atoms with Crippen molar-refractivity contribution >= 4 is 5.91 Å². The summed E-state index contributed by atoms with van der Waals surface area (Å²) in [5.41, 5.74) is 0.514. The lowest BCUT2D eigenvalue weighted by molar-refractivity contribution is -0.134. The molecule has 1 aliphatic heterocycles. The molecule has 1 N–H and O–H groups in total. The number of benzene rings is 1. The van der Waals surface area contributed by atoms with Gasteiger partial charge in [-0.15, -0.1) is 0 Å².